The molecule has 25 heavy (non-hydrogen) atoms. The van der Waals surface area contributed by atoms with E-state index in [0.717, 1.165) is 23.8 Å². The molecule has 136 valence electrons. The van der Waals surface area contributed by atoms with E-state index in [1.165, 1.54) is 12.3 Å². The van der Waals surface area contributed by atoms with Crippen LogP contribution in [0, 0.1) is 0 Å². The number of aliphatic hydroxyl groups is 2. The molecule has 0 unspecified atom stereocenters. The number of aliphatic hydroxyl groups excluding tert-OH is 2. The van der Waals surface area contributed by atoms with Crippen molar-refractivity contribution in [2.45, 2.75) is 56.8 Å². The molecule has 0 spiro atoms. The van der Waals surface area contributed by atoms with Crippen molar-refractivity contribution in [3.05, 3.63) is 28.8 Å². The van der Waals surface area contributed by atoms with E-state index < -0.39 is 36.3 Å². The van der Waals surface area contributed by atoms with E-state index in [4.69, 9.17) is 9.47 Å². The normalized spacial score (nSPS) is 29.1. The van der Waals surface area contributed by atoms with Gasteiger partial charge in [0.05, 0.1) is 6.10 Å². The fraction of sp³-hybridized carbons (Fsp3) is 0.562. The molecule has 1 amide bonds. The van der Waals surface area contributed by atoms with Crippen LogP contribution in [0.5, 0.6) is 0 Å². The first-order valence-electron chi connectivity index (χ1n) is 8.15. The van der Waals surface area contributed by atoms with Crippen molar-refractivity contribution in [2.24, 2.45) is 0 Å². The van der Waals surface area contributed by atoms with Crippen molar-refractivity contribution in [1.29, 1.82) is 0 Å². The number of carbonyl (C=O) groups is 1. The summed E-state index contributed by atoms with van der Waals surface area (Å²) in [4.78, 5) is 28.0. The van der Waals surface area contributed by atoms with Gasteiger partial charge in [-0.05, 0) is 26.2 Å². The minimum absolute atomic E-state index is 0.0154. The number of nitrogens with one attached hydrogen (secondary N) is 1. The molecule has 0 radical (unpaired) electrons. The molecule has 9 nitrogen and oxygen atoms in total. The van der Waals surface area contributed by atoms with Gasteiger partial charge in [0, 0.05) is 11.8 Å². The molecule has 1 saturated carbocycles. The number of ether oxygens (including phenoxy) is 2. The molecule has 2 aliphatic rings. The molecular weight excluding hydrogens is 330 g/mol. The quantitative estimate of drug-likeness (QED) is 0.727. The number of anilines is 1. The van der Waals surface area contributed by atoms with Crippen LogP contribution in [0.2, 0.25) is 0 Å². The smallest absolute Gasteiger partial charge is 0.413 e. The highest BCUT2D eigenvalue weighted by atomic mass is 16.6. The number of amides is 1. The predicted octanol–water partition coefficient (Wildman–Crippen LogP) is 0.626. The van der Waals surface area contributed by atoms with Crippen LogP contribution >= 0.6 is 0 Å². The van der Waals surface area contributed by atoms with Crippen LogP contribution in [-0.4, -0.2) is 50.3 Å². The number of hydrogen-bond donors (Lipinski definition) is 3. The lowest BCUT2D eigenvalue weighted by Crippen LogP contribution is -2.36. The maximum Gasteiger partial charge on any atom is 0.413 e. The molecular formula is C16H21N3O6. The van der Waals surface area contributed by atoms with Crippen molar-refractivity contribution >= 4 is 18.0 Å². The van der Waals surface area contributed by atoms with E-state index in [2.05, 4.69) is 16.9 Å². The molecule has 1 saturated heterocycles. The largest absolute Gasteiger partial charge is 0.446 e. The second-order valence-corrected chi connectivity index (χ2v) is 6.23. The summed E-state index contributed by atoms with van der Waals surface area (Å²) in [5.41, 5.74) is -0.384. The topological polar surface area (TPSA) is 123 Å². The van der Waals surface area contributed by atoms with Crippen LogP contribution in [0.15, 0.2) is 17.6 Å². The number of hydrogen-bond acceptors (Lipinski definition) is 7. The number of nitrogens with zero attached hydrogens (tertiary/aromatic N) is 2. The molecule has 4 atom stereocenters. The fourth-order valence-corrected chi connectivity index (χ4v) is 2.74. The van der Waals surface area contributed by atoms with Crippen molar-refractivity contribution in [2.75, 3.05) is 5.32 Å². The van der Waals surface area contributed by atoms with Gasteiger partial charge in [-0.3, -0.25) is 9.88 Å². The third kappa shape index (κ3) is 3.44. The molecule has 3 N–H and O–H groups in total. The Hall–Kier alpha value is -2.23. The monoisotopic (exact) mass is 351 g/mol. The lowest BCUT2D eigenvalue weighted by atomic mass is 9.96. The van der Waals surface area contributed by atoms with Crippen LogP contribution in [0.3, 0.4) is 0 Å². The van der Waals surface area contributed by atoms with Crippen LogP contribution in [0.1, 0.15) is 38.0 Å². The summed E-state index contributed by atoms with van der Waals surface area (Å²) in [5.74, 6) is 0.0154. The molecule has 1 aromatic rings. The second-order valence-electron chi connectivity index (χ2n) is 6.23. The Balaban J connectivity index is 1.82. The van der Waals surface area contributed by atoms with Gasteiger partial charge >= 0.3 is 11.8 Å². The van der Waals surface area contributed by atoms with E-state index in [0.29, 0.717) is 5.56 Å². The Morgan fingerprint density at radius 2 is 2.20 bits per heavy atom. The molecule has 2 heterocycles. The molecule has 3 rings (SSSR count). The number of rotatable bonds is 4. The standard InChI is InChI=1S/C16H21N3O6/c1-3-9-7-19(14-12(21)11(20)8(2)24-14)15(22)17-13(9)18-16(23)25-10-5-4-6-10/h3,7-8,10-12,14,20-21H,1,4-6H2,2H3,(H,17,18,22,23)/t8-,11-,12-,14-/m1/s1. The highest BCUT2D eigenvalue weighted by Crippen LogP contribution is 2.29. The summed E-state index contributed by atoms with van der Waals surface area (Å²) in [7, 11) is 0. The fourth-order valence-electron chi connectivity index (χ4n) is 2.74. The van der Waals surface area contributed by atoms with Crippen LogP contribution < -0.4 is 11.0 Å². The molecule has 1 aromatic heterocycles. The SMILES string of the molecule is C=Cc1cn([C@@H]2O[C@H](C)[C@@H](O)[C@H]2O)c(=O)nc1NC(=O)OC1CCC1. The van der Waals surface area contributed by atoms with Gasteiger partial charge in [-0.1, -0.05) is 12.7 Å². The Kier molecular flexibility index (Phi) is 4.89. The van der Waals surface area contributed by atoms with E-state index in [-0.39, 0.29) is 11.9 Å². The third-order valence-corrected chi connectivity index (χ3v) is 4.50. The van der Waals surface area contributed by atoms with Gasteiger partial charge in [0.25, 0.3) is 0 Å². The van der Waals surface area contributed by atoms with Gasteiger partial charge in [-0.2, -0.15) is 4.98 Å². The summed E-state index contributed by atoms with van der Waals surface area (Å²) in [6.07, 6.45) is 0.586. The zero-order valence-corrected chi connectivity index (χ0v) is 13.8. The van der Waals surface area contributed by atoms with Gasteiger partial charge in [0.1, 0.15) is 24.1 Å². The summed E-state index contributed by atoms with van der Waals surface area (Å²) in [6.45, 7) is 5.22. The zero-order valence-electron chi connectivity index (χ0n) is 13.8. The summed E-state index contributed by atoms with van der Waals surface area (Å²) in [6, 6.07) is 0. The van der Waals surface area contributed by atoms with E-state index in [9.17, 15) is 19.8 Å². The highest BCUT2D eigenvalue weighted by molar-refractivity contribution is 5.86. The lowest BCUT2D eigenvalue weighted by molar-refractivity contribution is -0.0350. The first-order chi connectivity index (χ1) is 11.9. The van der Waals surface area contributed by atoms with Crippen molar-refractivity contribution in [3.8, 4) is 0 Å². The van der Waals surface area contributed by atoms with Crippen molar-refractivity contribution in [1.82, 2.24) is 9.55 Å². The molecule has 1 aliphatic heterocycles. The van der Waals surface area contributed by atoms with Gasteiger partial charge < -0.3 is 19.7 Å². The van der Waals surface area contributed by atoms with Crippen molar-refractivity contribution in [3.63, 3.8) is 0 Å². The minimum Gasteiger partial charge on any atom is -0.446 e. The Bertz CT molecular complexity index is 729. The summed E-state index contributed by atoms with van der Waals surface area (Å²) >= 11 is 0. The molecule has 1 aliphatic carbocycles. The Labute approximate surface area is 143 Å². The van der Waals surface area contributed by atoms with Crippen molar-refractivity contribution < 1.29 is 24.5 Å². The number of aromatic nitrogens is 2. The van der Waals surface area contributed by atoms with Gasteiger partial charge in [0.2, 0.25) is 0 Å². The van der Waals surface area contributed by atoms with Crippen LogP contribution in [0.25, 0.3) is 6.08 Å². The third-order valence-electron chi connectivity index (χ3n) is 4.50. The minimum atomic E-state index is -1.27. The first kappa shape index (κ1) is 17.6. The first-order valence-corrected chi connectivity index (χ1v) is 8.15. The molecule has 0 aromatic carbocycles. The van der Waals surface area contributed by atoms with E-state index in [1.54, 1.807) is 6.92 Å². The maximum atomic E-state index is 12.3. The summed E-state index contributed by atoms with van der Waals surface area (Å²) < 4.78 is 11.7. The van der Waals surface area contributed by atoms with Gasteiger partial charge in [-0.25, -0.2) is 9.59 Å². The van der Waals surface area contributed by atoms with Crippen LogP contribution in [-0.2, 0) is 9.47 Å². The second kappa shape index (κ2) is 6.95. The Morgan fingerprint density at radius 1 is 1.48 bits per heavy atom. The lowest BCUT2D eigenvalue weighted by Gasteiger charge is -2.25. The molecule has 9 heteroatoms. The van der Waals surface area contributed by atoms with E-state index in [1.807, 2.05) is 0 Å². The predicted molar refractivity (Wildman–Crippen MR) is 87.9 cm³/mol. The number of carbonyl (C=O) groups excluding carboxylic acids is 1. The van der Waals surface area contributed by atoms with Gasteiger partial charge in [-0.15, -0.1) is 0 Å². The molecule has 0 bridgehead atoms. The summed E-state index contributed by atoms with van der Waals surface area (Å²) in [5, 5.41) is 22.3. The molecule has 2 fully saturated rings. The van der Waals surface area contributed by atoms with E-state index >= 15 is 0 Å². The van der Waals surface area contributed by atoms with Crippen LogP contribution in [0.4, 0.5) is 10.6 Å². The average Bonchev–Trinajstić information content (AvgIpc) is 2.79. The van der Waals surface area contributed by atoms with Gasteiger partial charge in [0.15, 0.2) is 6.23 Å². The Morgan fingerprint density at radius 3 is 2.72 bits per heavy atom. The highest BCUT2D eigenvalue weighted by Gasteiger charge is 2.42. The maximum absolute atomic E-state index is 12.3. The average molecular weight is 351 g/mol. The zero-order chi connectivity index (χ0) is 18.1.